The fourth-order valence-corrected chi connectivity index (χ4v) is 1.64. The number of anilines is 1. The molecular formula is C11H13ClN4. The highest BCUT2D eigenvalue weighted by Gasteiger charge is 1.97. The van der Waals surface area contributed by atoms with Crippen LogP contribution < -0.4 is 5.32 Å². The summed E-state index contributed by atoms with van der Waals surface area (Å²) in [6.07, 6.45) is 6.52. The minimum atomic E-state index is 0.506. The Morgan fingerprint density at radius 1 is 1.50 bits per heavy atom. The van der Waals surface area contributed by atoms with E-state index in [4.69, 9.17) is 11.6 Å². The number of nitrogens with one attached hydrogen (secondary N) is 1. The molecule has 2 aromatic rings. The van der Waals surface area contributed by atoms with Gasteiger partial charge in [0.1, 0.15) is 5.15 Å². The highest BCUT2D eigenvalue weighted by atomic mass is 35.5. The molecule has 0 aliphatic heterocycles. The van der Waals surface area contributed by atoms with Crippen LogP contribution in [0, 0.1) is 0 Å². The topological polar surface area (TPSA) is 42.7 Å². The Labute approximate surface area is 99.3 Å². The van der Waals surface area contributed by atoms with Crippen LogP contribution in [0.25, 0.3) is 0 Å². The minimum absolute atomic E-state index is 0.506. The molecule has 0 spiro atoms. The van der Waals surface area contributed by atoms with Gasteiger partial charge in [0.15, 0.2) is 0 Å². The van der Waals surface area contributed by atoms with E-state index >= 15 is 0 Å². The molecule has 0 aliphatic rings. The first kappa shape index (κ1) is 11.0. The first-order valence-electron chi connectivity index (χ1n) is 5.07. The van der Waals surface area contributed by atoms with Gasteiger partial charge in [-0.05, 0) is 24.1 Å². The van der Waals surface area contributed by atoms with Crippen molar-refractivity contribution >= 4 is 17.3 Å². The van der Waals surface area contributed by atoms with Crippen molar-refractivity contribution in [3.63, 3.8) is 0 Å². The van der Waals surface area contributed by atoms with E-state index in [9.17, 15) is 0 Å². The number of aryl methyl sites for hydroxylation is 1. The molecule has 0 atom stereocenters. The molecule has 84 valence electrons. The third kappa shape index (κ3) is 2.97. The number of halogens is 1. The molecule has 2 rings (SSSR count). The lowest BCUT2D eigenvalue weighted by molar-refractivity contribution is 0.767. The second kappa shape index (κ2) is 4.99. The summed E-state index contributed by atoms with van der Waals surface area (Å²) in [7, 11) is 1.92. The van der Waals surface area contributed by atoms with Crippen molar-refractivity contribution in [1.82, 2.24) is 14.8 Å². The molecule has 0 amide bonds. The van der Waals surface area contributed by atoms with Crippen molar-refractivity contribution in [3.8, 4) is 0 Å². The van der Waals surface area contributed by atoms with Gasteiger partial charge in [-0.25, -0.2) is 4.98 Å². The molecular weight excluding hydrogens is 224 g/mol. The fourth-order valence-electron chi connectivity index (χ4n) is 1.46. The standard InChI is InChI=1S/C11H13ClN4/c1-16-8-9(7-15-16)2-4-13-10-3-5-14-11(12)6-10/h3,5-8H,2,4H2,1H3,(H,13,14). The van der Waals surface area contributed by atoms with E-state index in [0.29, 0.717) is 5.15 Å². The van der Waals surface area contributed by atoms with Gasteiger partial charge in [0.25, 0.3) is 0 Å². The third-order valence-corrected chi connectivity index (χ3v) is 2.43. The second-order valence-corrected chi connectivity index (χ2v) is 3.95. The zero-order chi connectivity index (χ0) is 11.4. The zero-order valence-electron chi connectivity index (χ0n) is 9.02. The van der Waals surface area contributed by atoms with Gasteiger partial charge in [0.05, 0.1) is 6.20 Å². The molecule has 0 saturated carbocycles. The van der Waals surface area contributed by atoms with Gasteiger partial charge in [-0.15, -0.1) is 0 Å². The molecule has 0 unspecified atom stereocenters. The van der Waals surface area contributed by atoms with E-state index in [2.05, 4.69) is 15.4 Å². The van der Waals surface area contributed by atoms with Crippen LogP contribution >= 0.6 is 11.6 Å². The molecule has 0 aliphatic carbocycles. The Bertz CT molecular complexity index is 467. The molecule has 2 heterocycles. The maximum Gasteiger partial charge on any atom is 0.131 e. The molecule has 4 nitrogen and oxygen atoms in total. The lowest BCUT2D eigenvalue weighted by atomic mass is 10.2. The fraction of sp³-hybridized carbons (Fsp3) is 0.273. The Kier molecular flexibility index (Phi) is 3.41. The summed E-state index contributed by atoms with van der Waals surface area (Å²) in [4.78, 5) is 3.92. The van der Waals surface area contributed by atoms with Crippen LogP contribution in [0.5, 0.6) is 0 Å². The van der Waals surface area contributed by atoms with Crippen molar-refractivity contribution < 1.29 is 0 Å². The summed E-state index contributed by atoms with van der Waals surface area (Å²) in [6.45, 7) is 0.853. The summed E-state index contributed by atoms with van der Waals surface area (Å²) in [5.74, 6) is 0. The highest BCUT2D eigenvalue weighted by molar-refractivity contribution is 6.29. The van der Waals surface area contributed by atoms with E-state index in [1.54, 1.807) is 10.9 Å². The highest BCUT2D eigenvalue weighted by Crippen LogP contribution is 2.11. The lowest BCUT2D eigenvalue weighted by Crippen LogP contribution is -2.04. The number of rotatable bonds is 4. The Hall–Kier alpha value is -1.55. The van der Waals surface area contributed by atoms with Crippen LogP contribution in [0.15, 0.2) is 30.7 Å². The van der Waals surface area contributed by atoms with Gasteiger partial charge in [-0.2, -0.15) is 5.10 Å². The summed E-state index contributed by atoms with van der Waals surface area (Å²) in [5, 5.41) is 7.90. The Morgan fingerprint density at radius 3 is 3.06 bits per heavy atom. The van der Waals surface area contributed by atoms with Crippen molar-refractivity contribution in [1.29, 1.82) is 0 Å². The van der Waals surface area contributed by atoms with E-state index in [1.165, 1.54) is 5.56 Å². The van der Waals surface area contributed by atoms with Crippen molar-refractivity contribution in [2.45, 2.75) is 6.42 Å². The van der Waals surface area contributed by atoms with Crippen LogP contribution in [-0.4, -0.2) is 21.3 Å². The van der Waals surface area contributed by atoms with Crippen LogP contribution in [0.1, 0.15) is 5.56 Å². The average Bonchev–Trinajstić information content (AvgIpc) is 2.64. The zero-order valence-corrected chi connectivity index (χ0v) is 9.78. The van der Waals surface area contributed by atoms with E-state index in [0.717, 1.165) is 18.7 Å². The van der Waals surface area contributed by atoms with Gasteiger partial charge in [0, 0.05) is 31.7 Å². The van der Waals surface area contributed by atoms with E-state index in [1.807, 2.05) is 31.6 Å². The van der Waals surface area contributed by atoms with E-state index < -0.39 is 0 Å². The van der Waals surface area contributed by atoms with Crippen molar-refractivity contribution in [2.24, 2.45) is 7.05 Å². The molecule has 2 aromatic heterocycles. The molecule has 0 saturated heterocycles. The third-order valence-electron chi connectivity index (χ3n) is 2.23. The molecule has 0 radical (unpaired) electrons. The molecule has 0 aromatic carbocycles. The molecule has 0 fully saturated rings. The maximum absolute atomic E-state index is 5.78. The summed E-state index contributed by atoms with van der Waals surface area (Å²) in [5.41, 5.74) is 2.21. The van der Waals surface area contributed by atoms with Gasteiger partial charge in [-0.1, -0.05) is 11.6 Å². The summed E-state index contributed by atoms with van der Waals surface area (Å²) < 4.78 is 1.80. The normalized spacial score (nSPS) is 10.4. The first-order chi connectivity index (χ1) is 7.74. The number of nitrogens with zero attached hydrogens (tertiary/aromatic N) is 3. The number of hydrogen-bond acceptors (Lipinski definition) is 3. The summed E-state index contributed by atoms with van der Waals surface area (Å²) >= 11 is 5.78. The van der Waals surface area contributed by atoms with Crippen molar-refractivity contribution in [3.05, 3.63) is 41.4 Å². The Morgan fingerprint density at radius 2 is 2.38 bits per heavy atom. The SMILES string of the molecule is Cn1cc(CCNc2ccnc(Cl)c2)cn1. The second-order valence-electron chi connectivity index (χ2n) is 3.57. The summed E-state index contributed by atoms with van der Waals surface area (Å²) in [6, 6.07) is 3.71. The Balaban J connectivity index is 1.84. The first-order valence-corrected chi connectivity index (χ1v) is 5.45. The van der Waals surface area contributed by atoms with Crippen molar-refractivity contribution in [2.75, 3.05) is 11.9 Å². The molecule has 5 heteroatoms. The predicted octanol–water partition coefficient (Wildman–Crippen LogP) is 2.12. The molecule has 0 bridgehead atoms. The predicted molar refractivity (Wildman–Crippen MR) is 64.6 cm³/mol. The smallest absolute Gasteiger partial charge is 0.131 e. The molecule has 16 heavy (non-hydrogen) atoms. The minimum Gasteiger partial charge on any atom is -0.385 e. The van der Waals surface area contributed by atoms with Crippen LogP contribution in [-0.2, 0) is 13.5 Å². The maximum atomic E-state index is 5.78. The van der Waals surface area contributed by atoms with E-state index in [-0.39, 0.29) is 0 Å². The van der Waals surface area contributed by atoms with Crippen LogP contribution in [0.2, 0.25) is 5.15 Å². The average molecular weight is 237 g/mol. The van der Waals surface area contributed by atoms with Gasteiger partial charge >= 0.3 is 0 Å². The van der Waals surface area contributed by atoms with Crippen LogP contribution in [0.4, 0.5) is 5.69 Å². The lowest BCUT2D eigenvalue weighted by Gasteiger charge is -2.04. The van der Waals surface area contributed by atoms with Gasteiger partial charge < -0.3 is 5.32 Å². The number of hydrogen-bond donors (Lipinski definition) is 1. The van der Waals surface area contributed by atoms with Gasteiger partial charge in [0.2, 0.25) is 0 Å². The number of aromatic nitrogens is 3. The van der Waals surface area contributed by atoms with Gasteiger partial charge in [-0.3, -0.25) is 4.68 Å². The van der Waals surface area contributed by atoms with Crippen LogP contribution in [0.3, 0.4) is 0 Å². The monoisotopic (exact) mass is 236 g/mol. The number of pyridine rings is 1. The largest absolute Gasteiger partial charge is 0.385 e. The molecule has 1 N–H and O–H groups in total. The quantitative estimate of drug-likeness (QED) is 0.827.